The molecule has 1 atom stereocenters. The predicted molar refractivity (Wildman–Crippen MR) is 75.3 cm³/mol. The van der Waals surface area contributed by atoms with Crippen molar-refractivity contribution in [3.05, 3.63) is 29.3 Å². The normalized spacial score (nSPS) is 18.9. The Morgan fingerprint density at radius 3 is 2.90 bits per heavy atom. The molecule has 0 bridgehead atoms. The molecule has 108 valence electrons. The molecule has 1 aliphatic rings. The molecular weight excluding hydrogens is 258 g/mol. The lowest BCUT2D eigenvalue weighted by Crippen LogP contribution is -2.35. The zero-order chi connectivity index (χ0) is 14.7. The van der Waals surface area contributed by atoms with Crippen molar-refractivity contribution in [1.29, 1.82) is 0 Å². The number of carbonyl (C=O) groups is 2. The number of nitrogens with zero attached hydrogens (tertiary/aromatic N) is 1. The number of carboxylic acids is 1. The number of carbonyl (C=O) groups excluding carboxylic acids is 1. The molecule has 20 heavy (non-hydrogen) atoms. The summed E-state index contributed by atoms with van der Waals surface area (Å²) < 4.78 is 0. The summed E-state index contributed by atoms with van der Waals surface area (Å²) in [6.07, 6.45) is 0.879. The van der Waals surface area contributed by atoms with E-state index in [1.807, 2.05) is 0 Å². The molecule has 4 N–H and O–H groups in total. The fourth-order valence-corrected chi connectivity index (χ4v) is 2.64. The van der Waals surface area contributed by atoms with E-state index in [9.17, 15) is 14.7 Å². The molecule has 1 fully saturated rings. The van der Waals surface area contributed by atoms with Crippen LogP contribution in [0, 0.1) is 0 Å². The van der Waals surface area contributed by atoms with Gasteiger partial charge in [0.05, 0.1) is 5.56 Å². The van der Waals surface area contributed by atoms with Crippen molar-refractivity contribution in [3.8, 4) is 0 Å². The first kappa shape index (κ1) is 14.3. The number of hydrogen-bond acceptors (Lipinski definition) is 4. The molecule has 0 spiro atoms. The van der Waals surface area contributed by atoms with E-state index in [4.69, 9.17) is 5.73 Å². The molecule has 1 amide bonds. The number of nitrogens with one attached hydrogen (secondary N) is 1. The Kier molecular flexibility index (Phi) is 4.24. The van der Waals surface area contributed by atoms with E-state index >= 15 is 0 Å². The van der Waals surface area contributed by atoms with Crippen LogP contribution in [0.5, 0.6) is 0 Å². The van der Waals surface area contributed by atoms with Crippen LogP contribution in [0.1, 0.15) is 29.3 Å². The number of likely N-dealkylation sites (tertiary alicyclic amines) is 1. The van der Waals surface area contributed by atoms with Gasteiger partial charge in [-0.2, -0.15) is 0 Å². The van der Waals surface area contributed by atoms with Gasteiger partial charge >= 0.3 is 5.97 Å². The Morgan fingerprint density at radius 1 is 1.50 bits per heavy atom. The zero-order valence-corrected chi connectivity index (χ0v) is 11.4. The second-order valence-electron chi connectivity index (χ2n) is 5.11. The van der Waals surface area contributed by atoms with Crippen molar-refractivity contribution >= 4 is 17.6 Å². The maximum Gasteiger partial charge on any atom is 0.338 e. The van der Waals surface area contributed by atoms with Gasteiger partial charge in [0.25, 0.3) is 0 Å². The molecule has 1 unspecified atom stereocenters. The monoisotopic (exact) mass is 277 g/mol. The molecule has 1 aromatic carbocycles. The minimum atomic E-state index is -1.00. The Morgan fingerprint density at radius 2 is 2.25 bits per heavy atom. The van der Waals surface area contributed by atoms with Gasteiger partial charge in [0, 0.05) is 38.3 Å². The van der Waals surface area contributed by atoms with E-state index in [2.05, 4.69) is 10.2 Å². The lowest BCUT2D eigenvalue weighted by molar-refractivity contribution is -0.119. The summed E-state index contributed by atoms with van der Waals surface area (Å²) in [5.41, 5.74) is 6.90. The number of hydrogen-bond donors (Lipinski definition) is 3. The van der Waals surface area contributed by atoms with Gasteiger partial charge in [-0.3, -0.25) is 9.69 Å². The fourth-order valence-electron chi connectivity index (χ4n) is 2.64. The average Bonchev–Trinajstić information content (AvgIpc) is 2.75. The highest BCUT2D eigenvalue weighted by Crippen LogP contribution is 2.21. The van der Waals surface area contributed by atoms with Crippen LogP contribution in [-0.2, 0) is 11.3 Å². The largest absolute Gasteiger partial charge is 0.478 e. The van der Waals surface area contributed by atoms with E-state index in [0.29, 0.717) is 12.1 Å². The van der Waals surface area contributed by atoms with Gasteiger partial charge in [0.2, 0.25) is 5.91 Å². The minimum Gasteiger partial charge on any atom is -0.478 e. The third kappa shape index (κ3) is 3.27. The maximum absolute atomic E-state index is 11.3. The summed E-state index contributed by atoms with van der Waals surface area (Å²) in [7, 11) is 0. The maximum atomic E-state index is 11.3. The van der Waals surface area contributed by atoms with Gasteiger partial charge in [-0.25, -0.2) is 4.79 Å². The molecule has 1 saturated heterocycles. The number of amides is 1. The quantitative estimate of drug-likeness (QED) is 0.703. The summed E-state index contributed by atoms with van der Waals surface area (Å²) in [5.74, 6) is -1.04. The fraction of sp³-hybridized carbons (Fsp3) is 0.429. The molecule has 6 nitrogen and oxygen atoms in total. The topological polar surface area (TPSA) is 95.7 Å². The second-order valence-corrected chi connectivity index (χ2v) is 5.11. The van der Waals surface area contributed by atoms with Crippen LogP contribution in [0.25, 0.3) is 0 Å². The number of nitrogen functional groups attached to an aromatic ring is 1. The Balaban J connectivity index is 2.06. The molecule has 0 aliphatic carbocycles. The molecule has 2 rings (SSSR count). The van der Waals surface area contributed by atoms with Crippen molar-refractivity contribution in [1.82, 2.24) is 10.2 Å². The summed E-state index contributed by atoms with van der Waals surface area (Å²) in [4.78, 5) is 24.4. The number of carboxylic acid groups (broad SMARTS) is 1. The third-order valence-electron chi connectivity index (χ3n) is 3.47. The number of anilines is 1. The Bertz CT molecular complexity index is 530. The zero-order valence-electron chi connectivity index (χ0n) is 11.4. The van der Waals surface area contributed by atoms with E-state index in [-0.39, 0.29) is 23.2 Å². The van der Waals surface area contributed by atoms with Gasteiger partial charge in [0.15, 0.2) is 0 Å². The standard InChI is InChI=1S/C14H19N3O3/c1-9(18)16-11-5-6-17(8-11)7-10-3-2-4-12(15)13(10)14(19)20/h2-4,11H,5-8,15H2,1H3,(H,16,18)(H,19,20). The van der Waals surface area contributed by atoms with Crippen molar-refractivity contribution in [2.24, 2.45) is 0 Å². The van der Waals surface area contributed by atoms with E-state index in [0.717, 1.165) is 19.5 Å². The number of rotatable bonds is 4. The van der Waals surface area contributed by atoms with Crippen LogP contribution in [0.2, 0.25) is 0 Å². The lowest BCUT2D eigenvalue weighted by Gasteiger charge is -2.18. The van der Waals surface area contributed by atoms with Crippen LogP contribution in [0.4, 0.5) is 5.69 Å². The first-order valence-electron chi connectivity index (χ1n) is 6.57. The van der Waals surface area contributed by atoms with Gasteiger partial charge in [0.1, 0.15) is 0 Å². The van der Waals surface area contributed by atoms with Crippen molar-refractivity contribution in [2.75, 3.05) is 18.8 Å². The van der Waals surface area contributed by atoms with Crippen molar-refractivity contribution in [2.45, 2.75) is 25.9 Å². The van der Waals surface area contributed by atoms with Crippen LogP contribution < -0.4 is 11.1 Å². The number of nitrogens with two attached hydrogens (primary N) is 1. The summed E-state index contributed by atoms with van der Waals surface area (Å²) in [6.45, 7) is 3.60. The first-order chi connectivity index (χ1) is 9.47. The van der Waals surface area contributed by atoms with E-state index < -0.39 is 5.97 Å². The molecule has 1 aliphatic heterocycles. The van der Waals surface area contributed by atoms with Gasteiger partial charge in [-0.15, -0.1) is 0 Å². The SMILES string of the molecule is CC(=O)NC1CCN(Cc2cccc(N)c2C(=O)O)C1. The molecule has 1 heterocycles. The van der Waals surface area contributed by atoms with Crippen LogP contribution >= 0.6 is 0 Å². The smallest absolute Gasteiger partial charge is 0.338 e. The van der Waals surface area contributed by atoms with Crippen molar-refractivity contribution in [3.63, 3.8) is 0 Å². The third-order valence-corrected chi connectivity index (χ3v) is 3.47. The highest BCUT2D eigenvalue weighted by molar-refractivity contribution is 5.95. The number of aromatic carboxylic acids is 1. The molecule has 0 radical (unpaired) electrons. The molecular formula is C14H19N3O3. The van der Waals surface area contributed by atoms with Crippen LogP contribution in [0.15, 0.2) is 18.2 Å². The highest BCUT2D eigenvalue weighted by atomic mass is 16.4. The predicted octanol–water partition coefficient (Wildman–Crippen LogP) is 0.677. The summed E-state index contributed by atoms with van der Waals surface area (Å²) in [5, 5.41) is 12.1. The molecule has 6 heteroatoms. The second kappa shape index (κ2) is 5.92. The van der Waals surface area contributed by atoms with Crippen molar-refractivity contribution < 1.29 is 14.7 Å². The molecule has 0 saturated carbocycles. The van der Waals surface area contributed by atoms with Gasteiger partial charge in [-0.05, 0) is 18.1 Å². The van der Waals surface area contributed by atoms with Gasteiger partial charge in [-0.1, -0.05) is 12.1 Å². The highest BCUT2D eigenvalue weighted by Gasteiger charge is 2.24. The number of benzene rings is 1. The van der Waals surface area contributed by atoms with Crippen LogP contribution in [0.3, 0.4) is 0 Å². The van der Waals surface area contributed by atoms with E-state index in [1.165, 1.54) is 6.92 Å². The van der Waals surface area contributed by atoms with Crippen LogP contribution in [-0.4, -0.2) is 41.0 Å². The van der Waals surface area contributed by atoms with Gasteiger partial charge < -0.3 is 16.2 Å². The Labute approximate surface area is 117 Å². The minimum absolute atomic E-state index is 0.0352. The molecule has 1 aromatic rings. The Hall–Kier alpha value is -2.08. The van der Waals surface area contributed by atoms with E-state index in [1.54, 1.807) is 18.2 Å². The molecule has 0 aromatic heterocycles. The summed E-state index contributed by atoms with van der Waals surface area (Å²) in [6, 6.07) is 5.28. The average molecular weight is 277 g/mol. The first-order valence-corrected chi connectivity index (χ1v) is 6.57. The summed E-state index contributed by atoms with van der Waals surface area (Å²) >= 11 is 0. The lowest BCUT2D eigenvalue weighted by atomic mass is 10.1.